The van der Waals surface area contributed by atoms with Gasteiger partial charge in [0.2, 0.25) is 6.41 Å². The molecule has 0 spiro atoms. The number of halogens is 1. The average molecular weight is 427 g/mol. The molecule has 1 amide bonds. The highest BCUT2D eigenvalue weighted by molar-refractivity contribution is 6.31. The molecule has 31 heavy (non-hydrogen) atoms. The van der Waals surface area contributed by atoms with Crippen molar-refractivity contribution in [2.24, 2.45) is 5.10 Å². The van der Waals surface area contributed by atoms with Gasteiger partial charge in [-0.25, -0.2) is 5.01 Å². The van der Waals surface area contributed by atoms with E-state index >= 15 is 0 Å². The summed E-state index contributed by atoms with van der Waals surface area (Å²) in [6.45, 7) is 0. The number of nitrogens with one attached hydrogen (secondary N) is 1. The molecule has 6 heteroatoms. The van der Waals surface area contributed by atoms with Crippen LogP contribution in [0.5, 0.6) is 0 Å². The van der Waals surface area contributed by atoms with Gasteiger partial charge in [-0.1, -0.05) is 54.1 Å². The first-order chi connectivity index (χ1) is 15.2. The molecular weight excluding hydrogens is 408 g/mol. The molecule has 0 fully saturated rings. The van der Waals surface area contributed by atoms with E-state index in [1.165, 1.54) is 5.01 Å². The Morgan fingerprint density at radius 2 is 1.81 bits per heavy atom. The topological polar surface area (TPSA) is 57.6 Å². The summed E-state index contributed by atoms with van der Waals surface area (Å²) in [6, 6.07) is 25.6. The highest BCUT2D eigenvalue weighted by Crippen LogP contribution is 2.32. The fourth-order valence-corrected chi connectivity index (χ4v) is 4.04. The van der Waals surface area contributed by atoms with Gasteiger partial charge in [0.15, 0.2) is 0 Å². The van der Waals surface area contributed by atoms with E-state index in [4.69, 9.17) is 11.6 Å². The fraction of sp³-hybridized carbons (Fsp3) is 0.0800. The van der Waals surface area contributed by atoms with Crippen molar-refractivity contribution in [2.45, 2.75) is 12.5 Å². The minimum Gasteiger partial charge on any atom is -0.355 e. The molecule has 0 bridgehead atoms. The van der Waals surface area contributed by atoms with Crippen molar-refractivity contribution in [1.29, 1.82) is 0 Å². The molecule has 1 atom stereocenters. The number of carbonyl (C=O) groups excluding carboxylic acids is 1. The molecule has 2 heterocycles. The Morgan fingerprint density at radius 1 is 1.00 bits per heavy atom. The van der Waals surface area contributed by atoms with Gasteiger partial charge < -0.3 is 5.32 Å². The van der Waals surface area contributed by atoms with Crippen LogP contribution in [0, 0.1) is 0 Å². The lowest BCUT2D eigenvalue weighted by Crippen LogP contribution is -2.17. The van der Waals surface area contributed by atoms with E-state index < -0.39 is 0 Å². The van der Waals surface area contributed by atoms with E-state index in [0.717, 1.165) is 45.5 Å². The van der Waals surface area contributed by atoms with E-state index in [2.05, 4.69) is 15.4 Å². The van der Waals surface area contributed by atoms with Gasteiger partial charge >= 0.3 is 0 Å². The maximum atomic E-state index is 11.5. The van der Waals surface area contributed by atoms with Crippen molar-refractivity contribution < 1.29 is 4.79 Å². The highest BCUT2D eigenvalue weighted by atomic mass is 35.5. The molecule has 5 nitrogen and oxygen atoms in total. The van der Waals surface area contributed by atoms with Gasteiger partial charge in [-0.15, -0.1) is 0 Å². The fourth-order valence-electron chi connectivity index (χ4n) is 3.88. The van der Waals surface area contributed by atoms with Gasteiger partial charge in [0.25, 0.3) is 0 Å². The van der Waals surface area contributed by atoms with Crippen LogP contribution in [0.15, 0.2) is 90.2 Å². The van der Waals surface area contributed by atoms with Crippen molar-refractivity contribution in [3.63, 3.8) is 0 Å². The number of carbonyl (C=O) groups is 1. The average Bonchev–Trinajstić information content (AvgIpc) is 3.25. The molecule has 1 aliphatic heterocycles. The predicted octanol–water partition coefficient (Wildman–Crippen LogP) is 5.94. The Morgan fingerprint density at radius 3 is 2.58 bits per heavy atom. The smallest absolute Gasteiger partial charge is 0.230 e. The van der Waals surface area contributed by atoms with E-state index in [1.807, 2.05) is 78.9 Å². The molecule has 3 aromatic carbocycles. The first-order valence-corrected chi connectivity index (χ1v) is 10.4. The van der Waals surface area contributed by atoms with E-state index in [-0.39, 0.29) is 6.04 Å². The largest absolute Gasteiger partial charge is 0.355 e. The number of aromatic nitrogens is 1. The SMILES string of the molecule is O=CN1N=C(c2ccc(Nc3ccnc4cc(Cl)ccc34)cc2)CC1c1ccccc1. The van der Waals surface area contributed by atoms with Crippen molar-refractivity contribution in [1.82, 2.24) is 9.99 Å². The summed E-state index contributed by atoms with van der Waals surface area (Å²) in [6.07, 6.45) is 3.24. The Labute approximate surface area is 185 Å². The van der Waals surface area contributed by atoms with Gasteiger partial charge in [-0.05, 0) is 47.5 Å². The summed E-state index contributed by atoms with van der Waals surface area (Å²) < 4.78 is 0. The lowest BCUT2D eigenvalue weighted by molar-refractivity contribution is -0.119. The molecule has 4 aromatic rings. The number of hydrogen-bond acceptors (Lipinski definition) is 4. The number of amides is 1. The zero-order valence-corrected chi connectivity index (χ0v) is 17.3. The number of hydrogen-bond donors (Lipinski definition) is 1. The second-order valence-corrected chi connectivity index (χ2v) is 7.82. The Balaban J connectivity index is 1.37. The molecule has 0 aliphatic carbocycles. The van der Waals surface area contributed by atoms with Gasteiger partial charge in [0.1, 0.15) is 0 Å². The van der Waals surface area contributed by atoms with Crippen LogP contribution in [0.4, 0.5) is 11.4 Å². The monoisotopic (exact) mass is 426 g/mol. The summed E-state index contributed by atoms with van der Waals surface area (Å²) in [7, 11) is 0. The Kier molecular flexibility index (Phi) is 5.10. The van der Waals surface area contributed by atoms with Crippen LogP contribution in [-0.4, -0.2) is 22.1 Å². The lowest BCUT2D eigenvalue weighted by atomic mass is 9.98. The van der Waals surface area contributed by atoms with Crippen LogP contribution in [0.2, 0.25) is 5.02 Å². The minimum atomic E-state index is -0.0680. The standard InChI is InChI=1S/C25H19ClN4O/c26-19-8-11-21-22(12-13-27-24(21)14-19)28-20-9-6-17(7-10-20)23-15-25(30(16-31)29-23)18-4-2-1-3-5-18/h1-14,16,25H,15H2,(H,27,28). The van der Waals surface area contributed by atoms with Crippen LogP contribution >= 0.6 is 11.6 Å². The van der Waals surface area contributed by atoms with Crippen molar-refractivity contribution >= 4 is 46.0 Å². The molecule has 1 N–H and O–H groups in total. The van der Waals surface area contributed by atoms with Gasteiger partial charge in [0, 0.05) is 34.4 Å². The molecule has 0 radical (unpaired) electrons. The molecule has 1 aliphatic rings. The maximum absolute atomic E-state index is 11.5. The van der Waals surface area contributed by atoms with Crippen LogP contribution in [0.1, 0.15) is 23.6 Å². The van der Waals surface area contributed by atoms with Gasteiger partial charge in [0.05, 0.1) is 17.3 Å². The Hall–Kier alpha value is -3.70. The maximum Gasteiger partial charge on any atom is 0.230 e. The van der Waals surface area contributed by atoms with E-state index in [9.17, 15) is 4.79 Å². The quantitative estimate of drug-likeness (QED) is 0.402. The summed E-state index contributed by atoms with van der Waals surface area (Å²) in [5, 5.41) is 11.2. The second-order valence-electron chi connectivity index (χ2n) is 7.39. The third-order valence-corrected chi connectivity index (χ3v) is 5.67. The first kappa shape index (κ1) is 19.3. The molecule has 0 saturated carbocycles. The van der Waals surface area contributed by atoms with Gasteiger partial charge in [-0.2, -0.15) is 5.10 Å². The van der Waals surface area contributed by atoms with Crippen LogP contribution in [0.3, 0.4) is 0 Å². The molecule has 152 valence electrons. The molecule has 5 rings (SSSR count). The zero-order valence-electron chi connectivity index (χ0n) is 16.6. The third-order valence-electron chi connectivity index (χ3n) is 5.44. The molecular formula is C25H19ClN4O. The molecule has 0 saturated heterocycles. The number of rotatable bonds is 5. The highest BCUT2D eigenvalue weighted by Gasteiger charge is 2.28. The third kappa shape index (κ3) is 3.88. The van der Waals surface area contributed by atoms with E-state index in [0.29, 0.717) is 11.4 Å². The van der Waals surface area contributed by atoms with Crippen LogP contribution in [-0.2, 0) is 4.79 Å². The number of fused-ring (bicyclic) bond motifs is 1. The summed E-state index contributed by atoms with van der Waals surface area (Å²) >= 11 is 6.08. The van der Waals surface area contributed by atoms with E-state index in [1.54, 1.807) is 6.20 Å². The number of pyridine rings is 1. The molecule has 1 unspecified atom stereocenters. The van der Waals surface area contributed by atoms with Crippen molar-refractivity contribution in [3.05, 3.63) is 101 Å². The summed E-state index contributed by atoms with van der Waals surface area (Å²) in [4.78, 5) is 15.9. The number of benzene rings is 3. The predicted molar refractivity (Wildman–Crippen MR) is 125 cm³/mol. The second kappa shape index (κ2) is 8.20. The Bertz CT molecular complexity index is 1270. The van der Waals surface area contributed by atoms with Gasteiger partial charge in [-0.3, -0.25) is 9.78 Å². The zero-order chi connectivity index (χ0) is 21.2. The summed E-state index contributed by atoms with van der Waals surface area (Å²) in [5.74, 6) is 0. The van der Waals surface area contributed by atoms with Crippen molar-refractivity contribution in [2.75, 3.05) is 5.32 Å². The normalized spacial score (nSPS) is 15.7. The first-order valence-electron chi connectivity index (χ1n) is 9.99. The van der Waals surface area contributed by atoms with Crippen molar-refractivity contribution in [3.8, 4) is 0 Å². The molecule has 1 aromatic heterocycles. The lowest BCUT2D eigenvalue weighted by Gasteiger charge is -2.17. The van der Waals surface area contributed by atoms with Crippen LogP contribution < -0.4 is 5.32 Å². The number of hydrazone groups is 1. The van der Waals surface area contributed by atoms with Crippen LogP contribution in [0.25, 0.3) is 10.9 Å². The number of nitrogens with zero attached hydrogens (tertiary/aromatic N) is 3. The minimum absolute atomic E-state index is 0.0680. The summed E-state index contributed by atoms with van der Waals surface area (Å²) in [5.41, 5.74) is 5.74. The number of anilines is 2.